The Hall–Kier alpha value is -3.34. The van der Waals surface area contributed by atoms with Crippen molar-refractivity contribution in [3.8, 4) is 0 Å². The van der Waals surface area contributed by atoms with Crippen molar-refractivity contribution < 1.29 is 33.1 Å². The highest BCUT2D eigenvalue weighted by Crippen LogP contribution is 2.41. The van der Waals surface area contributed by atoms with Crippen LogP contribution in [0.5, 0.6) is 0 Å². The van der Waals surface area contributed by atoms with Crippen molar-refractivity contribution >= 4 is 34.4 Å². The van der Waals surface area contributed by atoms with E-state index in [9.17, 15) is 33.1 Å². The van der Waals surface area contributed by atoms with Crippen LogP contribution in [0.2, 0.25) is 0 Å². The molecule has 4 heterocycles. The van der Waals surface area contributed by atoms with Crippen LogP contribution in [-0.2, 0) is 14.4 Å². The molecule has 1 aromatic carbocycles. The molecule has 192 valence electrons. The number of fused-ring (bicyclic) bond motifs is 4. The molecule has 11 heteroatoms. The van der Waals surface area contributed by atoms with Crippen LogP contribution in [0.3, 0.4) is 0 Å². The zero-order chi connectivity index (χ0) is 25.6. The lowest BCUT2D eigenvalue weighted by Gasteiger charge is -2.50. The van der Waals surface area contributed by atoms with Gasteiger partial charge in [0, 0.05) is 30.0 Å². The van der Waals surface area contributed by atoms with E-state index in [0.29, 0.717) is 25.8 Å². The molecule has 4 N–H and O–H groups in total. The molecule has 2 aromatic rings. The second-order valence-electron chi connectivity index (χ2n) is 9.96. The Morgan fingerprint density at radius 2 is 1.86 bits per heavy atom. The molecule has 3 aliphatic heterocycles. The summed E-state index contributed by atoms with van der Waals surface area (Å²) >= 11 is 0. The first-order valence-corrected chi connectivity index (χ1v) is 12.3. The number of aliphatic hydroxyl groups is 1. The number of hydrogen-bond acceptors (Lipinski definition) is 5. The molecule has 6 rings (SSSR count). The second kappa shape index (κ2) is 9.61. The van der Waals surface area contributed by atoms with Gasteiger partial charge in [-0.15, -0.1) is 0 Å². The number of benzene rings is 1. The highest BCUT2D eigenvalue weighted by Gasteiger charge is 2.48. The molecule has 3 amide bonds. The average molecular weight is 503 g/mol. The quantitative estimate of drug-likeness (QED) is 0.455. The van der Waals surface area contributed by atoms with E-state index in [1.807, 2.05) is 0 Å². The highest BCUT2D eigenvalue weighted by molar-refractivity contribution is 6.01. The lowest BCUT2D eigenvalue weighted by molar-refractivity contribution is -0.137. The lowest BCUT2D eigenvalue weighted by atomic mass is 9.74. The summed E-state index contributed by atoms with van der Waals surface area (Å²) < 4.78 is 27.9. The number of aromatic nitrogens is 1. The van der Waals surface area contributed by atoms with Crippen LogP contribution in [0.1, 0.15) is 49.0 Å². The first kappa shape index (κ1) is 24.4. The fraction of sp³-hybridized carbons (Fsp3) is 0.520. The van der Waals surface area contributed by atoms with Gasteiger partial charge < -0.3 is 25.6 Å². The molecule has 0 radical (unpaired) electrons. The molecule has 4 aliphatic rings. The van der Waals surface area contributed by atoms with E-state index in [1.165, 1.54) is 11.0 Å². The summed E-state index contributed by atoms with van der Waals surface area (Å²) in [6, 6.07) is 1.04. The van der Waals surface area contributed by atoms with Crippen LogP contribution in [0, 0.1) is 23.5 Å². The number of nitrogens with one attached hydrogen (secondary N) is 3. The molecule has 36 heavy (non-hydrogen) atoms. The molecule has 9 nitrogen and oxygen atoms in total. The first-order valence-electron chi connectivity index (χ1n) is 12.3. The Labute approximate surface area is 205 Å². The maximum absolute atomic E-state index is 14.2. The standard InChI is InChI=1S/C25H28F2N4O5/c26-14-8-17(27)16-10-20(29-18(16)9-14)25(36)31-15-3-1-12(2-4-15)22(31)24(35)30-19(21(33)11-32)7-13-5-6-28-23(13)34/h8-10,12-13,15,19,22,29,32H,1-7,11H2,(H,28,34)(H,30,35)/t12?,13-,15?,19-,22+/m0/s1. The van der Waals surface area contributed by atoms with Gasteiger partial charge in [-0.3, -0.25) is 19.2 Å². The summed E-state index contributed by atoms with van der Waals surface area (Å²) in [5, 5.41) is 14.9. The van der Waals surface area contributed by atoms with Crippen molar-refractivity contribution in [3.05, 3.63) is 35.5 Å². The normalized spacial score (nSPS) is 26.2. The number of hydrogen-bond donors (Lipinski definition) is 4. The van der Waals surface area contributed by atoms with Crippen LogP contribution < -0.4 is 10.6 Å². The number of H-pyrrole nitrogens is 1. The summed E-state index contributed by atoms with van der Waals surface area (Å²) in [7, 11) is 0. The summed E-state index contributed by atoms with van der Waals surface area (Å²) in [6.45, 7) is -0.295. The van der Waals surface area contributed by atoms with Gasteiger partial charge in [0.05, 0.1) is 11.6 Å². The van der Waals surface area contributed by atoms with Crippen molar-refractivity contribution in [1.82, 2.24) is 20.5 Å². The average Bonchev–Trinajstić information content (AvgIpc) is 3.48. The largest absolute Gasteiger partial charge is 0.389 e. The van der Waals surface area contributed by atoms with Gasteiger partial charge in [-0.2, -0.15) is 0 Å². The van der Waals surface area contributed by atoms with E-state index < -0.39 is 53.8 Å². The number of Topliss-reactive ketones (excluding diaryl/α,β-unsaturated/α-hetero) is 1. The minimum atomic E-state index is -1.06. The van der Waals surface area contributed by atoms with Gasteiger partial charge in [0.15, 0.2) is 5.78 Å². The van der Waals surface area contributed by atoms with Crippen LogP contribution in [0.4, 0.5) is 8.78 Å². The number of piperidine rings is 2. The molecular formula is C25H28F2N4O5. The molecule has 3 atom stereocenters. The fourth-order valence-electron chi connectivity index (χ4n) is 5.99. The van der Waals surface area contributed by atoms with Crippen molar-refractivity contribution in [2.24, 2.45) is 11.8 Å². The molecule has 1 aliphatic carbocycles. The van der Waals surface area contributed by atoms with Gasteiger partial charge in [-0.05, 0) is 56.6 Å². The van der Waals surface area contributed by atoms with E-state index in [2.05, 4.69) is 15.6 Å². The summed E-state index contributed by atoms with van der Waals surface area (Å²) in [4.78, 5) is 55.9. The third-order valence-corrected chi connectivity index (χ3v) is 7.81. The van der Waals surface area contributed by atoms with Gasteiger partial charge in [-0.25, -0.2) is 8.78 Å². The smallest absolute Gasteiger partial charge is 0.271 e. The van der Waals surface area contributed by atoms with Gasteiger partial charge in [0.1, 0.15) is 30.0 Å². The predicted molar refractivity (Wildman–Crippen MR) is 124 cm³/mol. The number of nitrogens with zero attached hydrogens (tertiary/aromatic N) is 1. The summed E-state index contributed by atoms with van der Waals surface area (Å²) in [5.74, 6) is -3.96. The van der Waals surface area contributed by atoms with E-state index >= 15 is 0 Å². The summed E-state index contributed by atoms with van der Waals surface area (Å²) in [5.41, 5.74) is 0.188. The molecule has 3 saturated heterocycles. The number of carbonyl (C=O) groups is 4. The molecule has 1 aromatic heterocycles. The molecular weight excluding hydrogens is 474 g/mol. The zero-order valence-corrected chi connectivity index (χ0v) is 19.6. The van der Waals surface area contributed by atoms with Crippen LogP contribution in [0.15, 0.2) is 18.2 Å². The van der Waals surface area contributed by atoms with Crippen molar-refractivity contribution in [3.63, 3.8) is 0 Å². The van der Waals surface area contributed by atoms with Crippen LogP contribution in [0.25, 0.3) is 10.9 Å². The molecule has 0 spiro atoms. The van der Waals surface area contributed by atoms with Gasteiger partial charge >= 0.3 is 0 Å². The molecule has 1 saturated carbocycles. The van der Waals surface area contributed by atoms with Crippen molar-refractivity contribution in [1.29, 1.82) is 0 Å². The number of aromatic amines is 1. The minimum Gasteiger partial charge on any atom is -0.389 e. The highest BCUT2D eigenvalue weighted by atomic mass is 19.1. The number of aliphatic hydroxyl groups excluding tert-OH is 1. The number of halogens is 2. The zero-order valence-electron chi connectivity index (χ0n) is 19.6. The Balaban J connectivity index is 1.41. The Kier molecular flexibility index (Phi) is 6.50. The van der Waals surface area contributed by atoms with E-state index in [-0.39, 0.29) is 40.9 Å². The SMILES string of the molecule is O=C1NCC[C@H]1C[C@H](NC(=O)[C@H]1C2CCC(CC2)N1C(=O)c1cc2c(F)cc(F)cc2[nH]1)C(=O)CO. The molecule has 2 bridgehead atoms. The summed E-state index contributed by atoms with van der Waals surface area (Å²) in [6.07, 6.45) is 3.50. The third kappa shape index (κ3) is 4.36. The van der Waals surface area contributed by atoms with E-state index in [0.717, 1.165) is 25.0 Å². The topological polar surface area (TPSA) is 132 Å². The second-order valence-corrected chi connectivity index (χ2v) is 9.96. The van der Waals surface area contributed by atoms with E-state index in [1.54, 1.807) is 0 Å². The van der Waals surface area contributed by atoms with Gasteiger partial charge in [-0.1, -0.05) is 0 Å². The van der Waals surface area contributed by atoms with E-state index in [4.69, 9.17) is 0 Å². The van der Waals surface area contributed by atoms with Crippen molar-refractivity contribution in [2.75, 3.05) is 13.2 Å². The number of amides is 3. The predicted octanol–water partition coefficient (Wildman–Crippen LogP) is 1.40. The number of carbonyl (C=O) groups excluding carboxylic acids is 4. The fourth-order valence-corrected chi connectivity index (χ4v) is 5.99. The first-order chi connectivity index (χ1) is 17.3. The number of rotatable bonds is 7. The maximum atomic E-state index is 14.2. The monoisotopic (exact) mass is 502 g/mol. The van der Waals surface area contributed by atoms with Gasteiger partial charge in [0.2, 0.25) is 11.8 Å². The maximum Gasteiger partial charge on any atom is 0.271 e. The Morgan fingerprint density at radius 1 is 1.11 bits per heavy atom. The minimum absolute atomic E-state index is 0.0467. The van der Waals surface area contributed by atoms with Gasteiger partial charge in [0.25, 0.3) is 5.91 Å². The Bertz CT molecular complexity index is 1220. The van der Waals surface area contributed by atoms with Crippen LogP contribution in [-0.4, -0.2) is 69.8 Å². The van der Waals surface area contributed by atoms with Crippen LogP contribution >= 0.6 is 0 Å². The molecule has 0 unspecified atom stereocenters. The van der Waals surface area contributed by atoms with Crippen molar-refractivity contribution in [2.45, 2.75) is 56.7 Å². The lowest BCUT2D eigenvalue weighted by Crippen LogP contribution is -2.64. The number of ketones is 1. The Morgan fingerprint density at radius 3 is 2.53 bits per heavy atom. The molecule has 4 fully saturated rings. The third-order valence-electron chi connectivity index (χ3n) is 7.81.